The van der Waals surface area contributed by atoms with Gasteiger partial charge in [0.25, 0.3) is 17.4 Å². The van der Waals surface area contributed by atoms with Gasteiger partial charge in [0.1, 0.15) is 4.83 Å². The Balaban J connectivity index is 1.34. The zero-order chi connectivity index (χ0) is 24.1. The molecule has 5 rings (SSSR count). The number of anilines is 1. The van der Waals surface area contributed by atoms with E-state index < -0.39 is 23.9 Å². The molecule has 4 aromatic rings. The highest BCUT2D eigenvalue weighted by molar-refractivity contribution is 7.18. The number of hydrogen-bond donors (Lipinski definition) is 1. The number of aryl methyl sites for hydroxylation is 2. The molecule has 34 heavy (non-hydrogen) atoms. The van der Waals surface area contributed by atoms with Gasteiger partial charge in [-0.15, -0.1) is 11.3 Å². The molecule has 3 heterocycles. The maximum Gasteiger partial charge on any atom is 0.338 e. The van der Waals surface area contributed by atoms with Crippen LogP contribution >= 0.6 is 11.3 Å². The summed E-state index contributed by atoms with van der Waals surface area (Å²) in [5.74, 6) is -1.18. The molecule has 170 valence electrons. The number of aromatic nitrogens is 2. The van der Waals surface area contributed by atoms with Crippen molar-refractivity contribution in [2.24, 2.45) is 0 Å². The van der Waals surface area contributed by atoms with Gasteiger partial charge in [0.2, 0.25) is 0 Å². The fourth-order valence-electron chi connectivity index (χ4n) is 3.92. The van der Waals surface area contributed by atoms with E-state index in [0.717, 1.165) is 15.3 Å². The van der Waals surface area contributed by atoms with Gasteiger partial charge in [-0.1, -0.05) is 12.1 Å². The Morgan fingerprint density at radius 1 is 1.00 bits per heavy atom. The highest BCUT2D eigenvalue weighted by Crippen LogP contribution is 2.29. The summed E-state index contributed by atoms with van der Waals surface area (Å²) in [4.78, 5) is 60.4. The normalized spacial score (nSPS) is 13.9. The number of imide groups is 1. The molecule has 0 saturated heterocycles. The van der Waals surface area contributed by atoms with Crippen LogP contribution in [0.25, 0.3) is 10.2 Å². The van der Waals surface area contributed by atoms with Crippen LogP contribution in [0.3, 0.4) is 0 Å². The second-order valence-electron chi connectivity index (χ2n) is 8.00. The molecule has 2 amide bonds. The van der Waals surface area contributed by atoms with E-state index in [-0.39, 0.29) is 16.9 Å². The van der Waals surface area contributed by atoms with Crippen LogP contribution < -0.4 is 10.5 Å². The van der Waals surface area contributed by atoms with Crippen molar-refractivity contribution in [2.45, 2.75) is 26.9 Å². The Hall–Kier alpha value is -4.11. The fourth-order valence-corrected chi connectivity index (χ4v) is 4.96. The van der Waals surface area contributed by atoms with Crippen LogP contribution in [0.15, 0.2) is 53.3 Å². The summed E-state index contributed by atoms with van der Waals surface area (Å²) >= 11 is 1.42. The molecule has 1 aliphatic rings. The van der Waals surface area contributed by atoms with E-state index in [1.54, 1.807) is 31.2 Å². The molecule has 0 fully saturated rings. The van der Waals surface area contributed by atoms with E-state index >= 15 is 0 Å². The number of carbonyl (C=O) groups excluding carboxylic acids is 3. The Bertz CT molecular complexity index is 1520. The Morgan fingerprint density at radius 2 is 1.62 bits per heavy atom. The molecule has 9 heteroatoms. The van der Waals surface area contributed by atoms with Crippen molar-refractivity contribution in [3.05, 3.63) is 91.8 Å². The zero-order valence-corrected chi connectivity index (χ0v) is 19.4. The lowest BCUT2D eigenvalue weighted by atomic mass is 10.1. The number of ether oxygens (including phenoxy) is 1. The average Bonchev–Trinajstić information content (AvgIpc) is 3.26. The van der Waals surface area contributed by atoms with Crippen LogP contribution in [0.1, 0.15) is 60.4 Å². The first-order chi connectivity index (χ1) is 16.3. The number of benzene rings is 2. The highest BCUT2D eigenvalue weighted by atomic mass is 32.1. The van der Waals surface area contributed by atoms with Crippen molar-refractivity contribution >= 4 is 45.0 Å². The van der Waals surface area contributed by atoms with Gasteiger partial charge >= 0.3 is 5.97 Å². The summed E-state index contributed by atoms with van der Waals surface area (Å²) in [5.41, 5.74) is 1.91. The summed E-state index contributed by atoms with van der Waals surface area (Å²) in [6, 6.07) is 12.6. The Labute approximate surface area is 197 Å². The molecule has 0 spiro atoms. The summed E-state index contributed by atoms with van der Waals surface area (Å²) < 4.78 is 5.51. The van der Waals surface area contributed by atoms with E-state index in [1.807, 2.05) is 13.8 Å². The van der Waals surface area contributed by atoms with Gasteiger partial charge < -0.3 is 9.72 Å². The molecular weight excluding hydrogens is 454 g/mol. The van der Waals surface area contributed by atoms with E-state index in [9.17, 15) is 19.2 Å². The quantitative estimate of drug-likeness (QED) is 0.349. The molecule has 0 saturated carbocycles. The van der Waals surface area contributed by atoms with E-state index in [4.69, 9.17) is 4.74 Å². The Kier molecular flexibility index (Phi) is 5.13. The number of nitrogens with one attached hydrogen (secondary N) is 1. The monoisotopic (exact) mass is 473 g/mol. The average molecular weight is 474 g/mol. The van der Waals surface area contributed by atoms with Crippen molar-refractivity contribution in [1.82, 2.24) is 9.97 Å². The third-order valence-electron chi connectivity index (χ3n) is 5.88. The maximum absolute atomic E-state index is 12.7. The van der Waals surface area contributed by atoms with Gasteiger partial charge in [-0.25, -0.2) is 14.7 Å². The lowest BCUT2D eigenvalue weighted by Crippen LogP contribution is -2.29. The predicted molar refractivity (Wildman–Crippen MR) is 128 cm³/mol. The first-order valence-corrected chi connectivity index (χ1v) is 11.4. The van der Waals surface area contributed by atoms with Gasteiger partial charge in [0.05, 0.1) is 27.8 Å². The van der Waals surface area contributed by atoms with Crippen LogP contribution in [0.2, 0.25) is 0 Å². The van der Waals surface area contributed by atoms with Crippen LogP contribution in [-0.4, -0.2) is 27.8 Å². The zero-order valence-electron chi connectivity index (χ0n) is 18.5. The number of thiophene rings is 1. The number of nitrogens with zero attached hydrogens (tertiary/aromatic N) is 2. The lowest BCUT2D eigenvalue weighted by molar-refractivity contribution is 0.0320. The predicted octanol–water partition coefficient (Wildman–Crippen LogP) is 4.32. The molecule has 2 aromatic carbocycles. The van der Waals surface area contributed by atoms with Gasteiger partial charge in [-0.2, -0.15) is 0 Å². The summed E-state index contributed by atoms with van der Waals surface area (Å²) in [5, 5.41) is 0.550. The number of aromatic amines is 1. The fraction of sp³-hybridized carbons (Fsp3) is 0.160. The van der Waals surface area contributed by atoms with Gasteiger partial charge in [0.15, 0.2) is 11.9 Å². The molecule has 0 bridgehead atoms. The van der Waals surface area contributed by atoms with E-state index in [2.05, 4.69) is 9.97 Å². The molecule has 1 N–H and O–H groups in total. The first-order valence-electron chi connectivity index (χ1n) is 10.5. The second kappa shape index (κ2) is 8.03. The molecular formula is C25H19N3O5S. The van der Waals surface area contributed by atoms with Gasteiger partial charge in [-0.05, 0) is 62.7 Å². The SMILES string of the molecule is Cc1sc2nc([C@@H](C)OC(=O)c3ccc(N4C(=O)c5ccccc5C4=O)cc3)[nH]c(=O)c2c1C. The summed E-state index contributed by atoms with van der Waals surface area (Å²) in [7, 11) is 0. The largest absolute Gasteiger partial charge is 0.451 e. The van der Waals surface area contributed by atoms with E-state index in [0.29, 0.717) is 27.0 Å². The van der Waals surface area contributed by atoms with Crippen LogP contribution in [0.4, 0.5) is 5.69 Å². The number of esters is 1. The third-order valence-corrected chi connectivity index (χ3v) is 6.98. The van der Waals surface area contributed by atoms with Gasteiger partial charge in [-0.3, -0.25) is 14.4 Å². The maximum atomic E-state index is 12.7. The molecule has 2 aromatic heterocycles. The van der Waals surface area contributed by atoms with Crippen molar-refractivity contribution in [1.29, 1.82) is 0 Å². The number of fused-ring (bicyclic) bond motifs is 2. The second-order valence-corrected chi connectivity index (χ2v) is 9.20. The number of hydrogen-bond acceptors (Lipinski definition) is 7. The van der Waals surface area contributed by atoms with Crippen molar-refractivity contribution in [2.75, 3.05) is 4.90 Å². The summed E-state index contributed by atoms with van der Waals surface area (Å²) in [6.45, 7) is 5.43. The molecule has 0 aliphatic carbocycles. The van der Waals surface area contributed by atoms with Crippen LogP contribution in [-0.2, 0) is 4.74 Å². The lowest BCUT2D eigenvalue weighted by Gasteiger charge is -2.15. The number of H-pyrrole nitrogens is 1. The molecule has 0 radical (unpaired) electrons. The topological polar surface area (TPSA) is 109 Å². The standard InChI is InChI=1S/C25H19N3O5S/c1-12-14(3)34-22-19(12)21(29)26-20(27-22)13(2)33-25(32)15-8-10-16(11-9-15)28-23(30)17-6-4-5-7-18(17)24(28)31/h4-11,13H,1-3H3,(H,26,27,29)/t13-/m1/s1. The minimum Gasteiger partial charge on any atom is -0.451 e. The molecule has 0 unspecified atom stereocenters. The number of carbonyl (C=O) groups is 3. The number of amides is 2. The van der Waals surface area contributed by atoms with Crippen molar-refractivity contribution < 1.29 is 19.1 Å². The third kappa shape index (κ3) is 3.41. The smallest absolute Gasteiger partial charge is 0.338 e. The van der Waals surface area contributed by atoms with Crippen LogP contribution in [0.5, 0.6) is 0 Å². The molecule has 8 nitrogen and oxygen atoms in total. The summed E-state index contributed by atoms with van der Waals surface area (Å²) in [6.07, 6.45) is -0.789. The minimum absolute atomic E-state index is 0.235. The number of rotatable bonds is 4. The molecule has 1 atom stereocenters. The Morgan fingerprint density at radius 3 is 2.24 bits per heavy atom. The van der Waals surface area contributed by atoms with Crippen LogP contribution in [0, 0.1) is 13.8 Å². The highest BCUT2D eigenvalue weighted by Gasteiger charge is 2.36. The van der Waals surface area contributed by atoms with Gasteiger partial charge in [0, 0.05) is 4.88 Å². The van der Waals surface area contributed by atoms with E-state index in [1.165, 1.54) is 35.6 Å². The molecule has 1 aliphatic heterocycles. The first kappa shape index (κ1) is 21.7. The van der Waals surface area contributed by atoms with Crippen molar-refractivity contribution in [3.8, 4) is 0 Å². The van der Waals surface area contributed by atoms with Crippen molar-refractivity contribution in [3.63, 3.8) is 0 Å². The minimum atomic E-state index is -0.789.